The number of fused-ring (bicyclic) bond motifs is 2. The molecule has 0 aliphatic carbocycles. The summed E-state index contributed by atoms with van der Waals surface area (Å²) in [6.45, 7) is 3.70. The Labute approximate surface area is 119 Å². The molecule has 2 N–H and O–H groups in total. The number of nitrogens with zero attached hydrogens (tertiary/aromatic N) is 2. The molecule has 3 rings (SSSR count). The Hall–Kier alpha value is -1.07. The molecule has 2 unspecified atom stereocenters. The molecule has 0 spiro atoms. The zero-order valence-corrected chi connectivity index (χ0v) is 12.0. The van der Waals surface area contributed by atoms with E-state index in [0.717, 1.165) is 30.9 Å². The molecule has 0 radical (unpaired) electrons. The lowest BCUT2D eigenvalue weighted by molar-refractivity contribution is -0.130. The third-order valence-corrected chi connectivity index (χ3v) is 3.97. The Morgan fingerprint density at radius 3 is 2.95 bits per heavy atom. The summed E-state index contributed by atoms with van der Waals surface area (Å²) < 4.78 is 0. The first-order valence-electron chi connectivity index (χ1n) is 6.75. The number of amides is 1. The second kappa shape index (κ2) is 5.92. The molecule has 3 heterocycles. The van der Waals surface area contributed by atoms with E-state index >= 15 is 0 Å². The maximum absolute atomic E-state index is 12.3. The van der Waals surface area contributed by atoms with Crippen LogP contribution in [0.25, 0.3) is 0 Å². The number of aromatic amines is 1. The highest BCUT2D eigenvalue weighted by Gasteiger charge is 2.31. The molecule has 1 aromatic heterocycles. The van der Waals surface area contributed by atoms with Gasteiger partial charge in [0.25, 0.3) is 0 Å². The van der Waals surface area contributed by atoms with Crippen molar-refractivity contribution in [2.45, 2.75) is 44.7 Å². The standard InChI is InChI=1S/C13H20N4O.ClH/c1-9-6-12(16-15-9)7-13(18)17-5-4-10-2-3-11(8-17)14-10;/h6,10-11,14H,2-5,7-8H2,1H3,(H,15,16);1H. The van der Waals surface area contributed by atoms with Crippen LogP contribution in [0.2, 0.25) is 0 Å². The highest BCUT2D eigenvalue weighted by atomic mass is 35.5. The van der Waals surface area contributed by atoms with Gasteiger partial charge in [-0.2, -0.15) is 5.10 Å². The lowest BCUT2D eigenvalue weighted by Gasteiger charge is -2.24. The Morgan fingerprint density at radius 1 is 1.42 bits per heavy atom. The number of H-pyrrole nitrogens is 1. The largest absolute Gasteiger partial charge is 0.341 e. The number of carbonyl (C=O) groups excluding carboxylic acids is 1. The smallest absolute Gasteiger partial charge is 0.228 e. The molecule has 2 saturated heterocycles. The van der Waals surface area contributed by atoms with Crippen molar-refractivity contribution in [2.75, 3.05) is 13.1 Å². The predicted octanol–water partition coefficient (Wildman–Crippen LogP) is 1.04. The summed E-state index contributed by atoms with van der Waals surface area (Å²) in [6, 6.07) is 3.07. The van der Waals surface area contributed by atoms with E-state index in [1.165, 1.54) is 12.8 Å². The van der Waals surface area contributed by atoms with Crippen molar-refractivity contribution >= 4 is 18.3 Å². The molecule has 19 heavy (non-hydrogen) atoms. The van der Waals surface area contributed by atoms with Crippen LogP contribution < -0.4 is 5.32 Å². The molecule has 5 nitrogen and oxygen atoms in total. The van der Waals surface area contributed by atoms with Crippen LogP contribution in [0.3, 0.4) is 0 Å². The second-order valence-electron chi connectivity index (χ2n) is 5.49. The van der Waals surface area contributed by atoms with Gasteiger partial charge in [0.15, 0.2) is 0 Å². The number of likely N-dealkylation sites (tertiary alicyclic amines) is 1. The van der Waals surface area contributed by atoms with Crippen LogP contribution in [0, 0.1) is 6.92 Å². The van der Waals surface area contributed by atoms with Gasteiger partial charge in [0, 0.05) is 30.9 Å². The third kappa shape index (κ3) is 3.28. The topological polar surface area (TPSA) is 61.0 Å². The Morgan fingerprint density at radius 2 is 2.21 bits per heavy atom. The van der Waals surface area contributed by atoms with E-state index in [9.17, 15) is 4.79 Å². The first kappa shape index (κ1) is 14.3. The van der Waals surface area contributed by atoms with Gasteiger partial charge in [-0.15, -0.1) is 12.4 Å². The lowest BCUT2D eigenvalue weighted by atomic mass is 10.1. The normalized spacial score (nSPS) is 25.8. The minimum atomic E-state index is 0. The zero-order valence-electron chi connectivity index (χ0n) is 11.2. The van der Waals surface area contributed by atoms with Crippen molar-refractivity contribution in [3.63, 3.8) is 0 Å². The average molecular weight is 285 g/mol. The van der Waals surface area contributed by atoms with E-state index in [1.54, 1.807) is 0 Å². The number of nitrogens with one attached hydrogen (secondary N) is 2. The summed E-state index contributed by atoms with van der Waals surface area (Å²) in [5.41, 5.74) is 1.86. The van der Waals surface area contributed by atoms with Crippen LogP contribution in [-0.2, 0) is 11.2 Å². The van der Waals surface area contributed by atoms with Gasteiger partial charge in [-0.25, -0.2) is 0 Å². The van der Waals surface area contributed by atoms with Crippen LogP contribution in [0.4, 0.5) is 0 Å². The van der Waals surface area contributed by atoms with Gasteiger partial charge in [0.2, 0.25) is 5.91 Å². The highest BCUT2D eigenvalue weighted by Crippen LogP contribution is 2.20. The van der Waals surface area contributed by atoms with E-state index in [1.807, 2.05) is 17.9 Å². The zero-order chi connectivity index (χ0) is 12.5. The van der Waals surface area contributed by atoms with E-state index in [-0.39, 0.29) is 18.3 Å². The number of hydrogen-bond acceptors (Lipinski definition) is 3. The Bertz CT molecular complexity index is 448. The molecule has 2 bridgehead atoms. The molecule has 1 aromatic rings. The van der Waals surface area contributed by atoms with Crippen molar-refractivity contribution in [3.8, 4) is 0 Å². The van der Waals surface area contributed by atoms with E-state index in [0.29, 0.717) is 18.5 Å². The molecule has 2 fully saturated rings. The fourth-order valence-electron chi connectivity index (χ4n) is 3.00. The summed E-state index contributed by atoms with van der Waals surface area (Å²) >= 11 is 0. The third-order valence-electron chi connectivity index (χ3n) is 3.97. The molecule has 1 amide bonds. The maximum Gasteiger partial charge on any atom is 0.228 e. The van der Waals surface area contributed by atoms with Crippen molar-refractivity contribution < 1.29 is 4.79 Å². The van der Waals surface area contributed by atoms with Gasteiger partial charge in [-0.1, -0.05) is 0 Å². The molecular formula is C13H21ClN4O. The number of hydrogen-bond donors (Lipinski definition) is 2. The first-order valence-corrected chi connectivity index (χ1v) is 6.75. The monoisotopic (exact) mass is 284 g/mol. The minimum Gasteiger partial charge on any atom is -0.341 e. The van der Waals surface area contributed by atoms with Crippen molar-refractivity contribution in [2.24, 2.45) is 0 Å². The summed E-state index contributed by atoms with van der Waals surface area (Å²) in [5, 5.41) is 10.6. The predicted molar refractivity (Wildman–Crippen MR) is 75.4 cm³/mol. The van der Waals surface area contributed by atoms with Gasteiger partial charge < -0.3 is 10.2 Å². The SMILES string of the molecule is Cc1cc(CC(=O)N2CCC3CCC(C2)N3)n[nH]1.Cl. The van der Waals surface area contributed by atoms with Crippen LogP contribution in [0.1, 0.15) is 30.7 Å². The number of carbonyl (C=O) groups is 1. The molecule has 2 aliphatic heterocycles. The van der Waals surface area contributed by atoms with Crippen molar-refractivity contribution in [1.29, 1.82) is 0 Å². The summed E-state index contributed by atoms with van der Waals surface area (Å²) in [4.78, 5) is 14.3. The molecule has 2 aliphatic rings. The van der Waals surface area contributed by atoms with Gasteiger partial charge in [0.1, 0.15) is 0 Å². The second-order valence-corrected chi connectivity index (χ2v) is 5.49. The minimum absolute atomic E-state index is 0. The summed E-state index contributed by atoms with van der Waals surface area (Å²) in [5.74, 6) is 0.204. The van der Waals surface area contributed by atoms with Crippen LogP contribution >= 0.6 is 12.4 Å². The number of rotatable bonds is 2. The quantitative estimate of drug-likeness (QED) is 0.853. The molecule has 2 atom stereocenters. The molecule has 0 aromatic carbocycles. The molecule has 0 saturated carbocycles. The summed E-state index contributed by atoms with van der Waals surface area (Å²) in [6.07, 6.45) is 3.98. The van der Waals surface area contributed by atoms with Crippen LogP contribution in [-0.4, -0.2) is 46.2 Å². The Kier molecular flexibility index (Phi) is 4.47. The van der Waals surface area contributed by atoms with Gasteiger partial charge in [0.05, 0.1) is 12.1 Å². The van der Waals surface area contributed by atoms with E-state index in [2.05, 4.69) is 15.5 Å². The molecular weight excluding hydrogens is 264 g/mol. The number of aromatic nitrogens is 2. The fourth-order valence-corrected chi connectivity index (χ4v) is 3.00. The average Bonchev–Trinajstić information content (AvgIpc) is 2.85. The van der Waals surface area contributed by atoms with Gasteiger partial charge >= 0.3 is 0 Å². The first-order chi connectivity index (χ1) is 8.70. The lowest BCUT2D eigenvalue weighted by Crippen LogP contribution is -2.39. The maximum atomic E-state index is 12.3. The van der Waals surface area contributed by atoms with Crippen LogP contribution in [0.15, 0.2) is 6.07 Å². The van der Waals surface area contributed by atoms with E-state index < -0.39 is 0 Å². The number of aryl methyl sites for hydroxylation is 1. The summed E-state index contributed by atoms with van der Waals surface area (Å²) in [7, 11) is 0. The van der Waals surface area contributed by atoms with Crippen LogP contribution in [0.5, 0.6) is 0 Å². The highest BCUT2D eigenvalue weighted by molar-refractivity contribution is 5.85. The number of halogens is 1. The van der Waals surface area contributed by atoms with Gasteiger partial charge in [-0.3, -0.25) is 9.89 Å². The molecule has 6 heteroatoms. The van der Waals surface area contributed by atoms with Crippen molar-refractivity contribution in [1.82, 2.24) is 20.4 Å². The van der Waals surface area contributed by atoms with E-state index in [4.69, 9.17) is 0 Å². The van der Waals surface area contributed by atoms with Crippen molar-refractivity contribution in [3.05, 3.63) is 17.5 Å². The molecule has 106 valence electrons. The van der Waals surface area contributed by atoms with Gasteiger partial charge in [-0.05, 0) is 32.3 Å². The fraction of sp³-hybridized carbons (Fsp3) is 0.692. The Balaban J connectivity index is 0.00000133.